The fourth-order valence-electron chi connectivity index (χ4n) is 5.21. The number of rotatable bonds is 7. The number of benzene rings is 1. The third-order valence-electron chi connectivity index (χ3n) is 7.03. The van der Waals surface area contributed by atoms with E-state index < -0.39 is 36.4 Å². The van der Waals surface area contributed by atoms with Gasteiger partial charge in [0, 0.05) is 23.4 Å². The van der Waals surface area contributed by atoms with Crippen LogP contribution in [0.4, 0.5) is 4.39 Å². The topological polar surface area (TPSA) is 159 Å². The Morgan fingerprint density at radius 1 is 1.22 bits per heavy atom. The van der Waals surface area contributed by atoms with E-state index >= 15 is 0 Å². The number of aliphatic hydroxyl groups is 2. The van der Waals surface area contributed by atoms with E-state index in [-0.39, 0.29) is 31.2 Å². The quantitative estimate of drug-likeness (QED) is 0.340. The molecule has 2 aliphatic rings. The van der Waals surface area contributed by atoms with Gasteiger partial charge in [-0.3, -0.25) is 19.6 Å². The standard InChI is InChI=1S/C24H28FN7O4/c25-15-9-19(24(36)29-17-2-1-3-20(17)33)31(11-15)21(34)12-32-18-5-4-13(14-6-7-27-28-10-14)8-16(18)22(30-32)23(26)35/h4-8,10,15,17,19-20,24,29,33,36H,1-3,9,11-12H2,(H2,26,35). The minimum Gasteiger partial charge on any atom is -0.392 e. The van der Waals surface area contributed by atoms with Gasteiger partial charge in [-0.25, -0.2) is 4.39 Å². The van der Waals surface area contributed by atoms with Gasteiger partial charge in [-0.15, -0.1) is 0 Å². The van der Waals surface area contributed by atoms with Crippen molar-refractivity contribution in [1.29, 1.82) is 0 Å². The van der Waals surface area contributed by atoms with Crippen LogP contribution in [0.3, 0.4) is 0 Å². The van der Waals surface area contributed by atoms with Crippen LogP contribution >= 0.6 is 0 Å². The molecule has 36 heavy (non-hydrogen) atoms. The molecule has 12 heteroatoms. The molecule has 5 rings (SSSR count). The molecule has 3 heterocycles. The summed E-state index contributed by atoms with van der Waals surface area (Å²) in [5.74, 6) is -1.19. The van der Waals surface area contributed by atoms with E-state index in [0.717, 1.165) is 17.5 Å². The maximum atomic E-state index is 14.4. The lowest BCUT2D eigenvalue weighted by Gasteiger charge is -2.31. The minimum atomic E-state index is -1.28. The van der Waals surface area contributed by atoms with E-state index in [2.05, 4.69) is 20.6 Å². The molecule has 5 atom stereocenters. The van der Waals surface area contributed by atoms with E-state index in [9.17, 15) is 24.2 Å². The van der Waals surface area contributed by atoms with Crippen molar-refractivity contribution in [3.8, 4) is 11.1 Å². The number of alkyl halides is 1. The number of hydrogen-bond donors (Lipinski definition) is 4. The minimum absolute atomic E-state index is 0.0138. The number of nitrogens with two attached hydrogens (primary N) is 1. The lowest BCUT2D eigenvalue weighted by atomic mass is 10.0. The molecule has 5 unspecified atom stereocenters. The van der Waals surface area contributed by atoms with Gasteiger partial charge >= 0.3 is 0 Å². The molecule has 1 saturated heterocycles. The predicted molar refractivity (Wildman–Crippen MR) is 127 cm³/mol. The van der Waals surface area contributed by atoms with Gasteiger partial charge in [-0.1, -0.05) is 6.07 Å². The Morgan fingerprint density at radius 2 is 2.06 bits per heavy atom. The number of primary amides is 1. The summed E-state index contributed by atoms with van der Waals surface area (Å²) in [5, 5.41) is 36.1. The normalized spacial score (nSPS) is 24.9. The summed E-state index contributed by atoms with van der Waals surface area (Å²) >= 11 is 0. The molecule has 2 aromatic heterocycles. The van der Waals surface area contributed by atoms with Crippen molar-refractivity contribution in [1.82, 2.24) is 30.2 Å². The second kappa shape index (κ2) is 9.88. The molecule has 5 N–H and O–H groups in total. The second-order valence-electron chi connectivity index (χ2n) is 9.40. The Bertz CT molecular complexity index is 1270. The van der Waals surface area contributed by atoms with E-state index in [1.54, 1.807) is 30.6 Å². The van der Waals surface area contributed by atoms with E-state index in [4.69, 9.17) is 5.73 Å². The molecule has 2 fully saturated rings. The Balaban J connectivity index is 1.39. The molecule has 2 amide bonds. The monoisotopic (exact) mass is 497 g/mol. The first-order chi connectivity index (χ1) is 17.3. The Morgan fingerprint density at radius 3 is 2.75 bits per heavy atom. The zero-order chi connectivity index (χ0) is 25.4. The highest BCUT2D eigenvalue weighted by molar-refractivity contribution is 6.05. The Hall–Kier alpha value is -3.48. The molecule has 1 aliphatic heterocycles. The number of aromatic nitrogens is 4. The van der Waals surface area contributed by atoms with Gasteiger partial charge in [-0.2, -0.15) is 15.3 Å². The first-order valence-corrected chi connectivity index (χ1v) is 11.9. The summed E-state index contributed by atoms with van der Waals surface area (Å²) in [6.45, 7) is -0.418. The fraction of sp³-hybridized carbons (Fsp3) is 0.458. The largest absolute Gasteiger partial charge is 0.392 e. The van der Waals surface area contributed by atoms with E-state index in [0.29, 0.717) is 23.7 Å². The lowest BCUT2D eigenvalue weighted by Crippen LogP contribution is -2.54. The van der Waals surface area contributed by atoms with Crippen molar-refractivity contribution in [2.75, 3.05) is 6.54 Å². The van der Waals surface area contributed by atoms with E-state index in [1.165, 1.54) is 9.58 Å². The van der Waals surface area contributed by atoms with Crippen LogP contribution in [0.15, 0.2) is 36.7 Å². The van der Waals surface area contributed by atoms with Crippen molar-refractivity contribution in [2.24, 2.45) is 5.73 Å². The number of likely N-dealkylation sites (tertiary alicyclic amines) is 1. The Kier molecular flexibility index (Phi) is 6.65. The average Bonchev–Trinajstić information content (AvgIpc) is 3.56. The van der Waals surface area contributed by atoms with Gasteiger partial charge in [0.25, 0.3) is 5.91 Å². The summed E-state index contributed by atoms with van der Waals surface area (Å²) in [5.41, 5.74) is 7.65. The highest BCUT2D eigenvalue weighted by Gasteiger charge is 2.41. The van der Waals surface area contributed by atoms with Gasteiger partial charge in [0.05, 0.1) is 36.6 Å². The number of aliphatic hydroxyl groups excluding tert-OH is 2. The summed E-state index contributed by atoms with van der Waals surface area (Å²) in [6.07, 6.45) is 2.25. The summed E-state index contributed by atoms with van der Waals surface area (Å²) in [7, 11) is 0. The molecule has 11 nitrogen and oxygen atoms in total. The maximum Gasteiger partial charge on any atom is 0.269 e. The lowest BCUT2D eigenvalue weighted by molar-refractivity contribution is -0.135. The van der Waals surface area contributed by atoms with Crippen LogP contribution in [0.1, 0.15) is 36.2 Å². The molecule has 0 spiro atoms. The third-order valence-corrected chi connectivity index (χ3v) is 7.03. The zero-order valence-corrected chi connectivity index (χ0v) is 19.5. The van der Waals surface area contributed by atoms with Crippen molar-refractivity contribution in [3.05, 3.63) is 42.4 Å². The van der Waals surface area contributed by atoms with Crippen LogP contribution in [-0.4, -0.2) is 84.0 Å². The molecular formula is C24H28FN7O4. The van der Waals surface area contributed by atoms with Crippen LogP contribution in [0.5, 0.6) is 0 Å². The molecule has 3 aromatic rings. The van der Waals surface area contributed by atoms with Crippen LogP contribution in [-0.2, 0) is 11.3 Å². The number of carbonyl (C=O) groups is 2. The van der Waals surface area contributed by atoms with Crippen molar-refractivity contribution >= 4 is 22.7 Å². The highest BCUT2D eigenvalue weighted by atomic mass is 19.1. The molecule has 1 aliphatic carbocycles. The first kappa shape index (κ1) is 24.2. The average molecular weight is 498 g/mol. The number of nitrogens with zero attached hydrogens (tertiary/aromatic N) is 5. The van der Waals surface area contributed by atoms with Gasteiger partial charge < -0.3 is 20.8 Å². The summed E-state index contributed by atoms with van der Waals surface area (Å²) < 4.78 is 15.7. The molecule has 1 aromatic carbocycles. The summed E-state index contributed by atoms with van der Waals surface area (Å²) in [6, 6.07) is 5.98. The maximum absolute atomic E-state index is 14.4. The zero-order valence-electron chi connectivity index (χ0n) is 19.5. The number of nitrogens with one attached hydrogen (secondary N) is 1. The van der Waals surface area contributed by atoms with Crippen LogP contribution in [0.25, 0.3) is 22.0 Å². The van der Waals surface area contributed by atoms with Crippen molar-refractivity contribution < 1.29 is 24.2 Å². The fourth-order valence-corrected chi connectivity index (χ4v) is 5.21. The number of amides is 2. The number of fused-ring (bicyclic) bond motifs is 1. The SMILES string of the molecule is NC(=O)c1nn(CC(=O)N2CC(F)CC2C(O)NC2CCCC2O)c2ccc(-c3ccnnc3)cc12. The van der Waals surface area contributed by atoms with Gasteiger partial charge in [0.2, 0.25) is 5.91 Å². The highest BCUT2D eigenvalue weighted by Crippen LogP contribution is 2.28. The second-order valence-corrected chi connectivity index (χ2v) is 9.40. The molecule has 190 valence electrons. The molecular weight excluding hydrogens is 469 g/mol. The third kappa shape index (κ3) is 4.66. The van der Waals surface area contributed by atoms with Crippen LogP contribution < -0.4 is 11.1 Å². The van der Waals surface area contributed by atoms with Gasteiger partial charge in [0.15, 0.2) is 5.69 Å². The smallest absolute Gasteiger partial charge is 0.269 e. The molecule has 0 bridgehead atoms. The van der Waals surface area contributed by atoms with Crippen LogP contribution in [0, 0.1) is 0 Å². The van der Waals surface area contributed by atoms with Gasteiger partial charge in [0.1, 0.15) is 18.9 Å². The number of halogens is 1. The molecule has 1 saturated carbocycles. The number of carbonyl (C=O) groups excluding carboxylic acids is 2. The first-order valence-electron chi connectivity index (χ1n) is 11.9. The number of hydrogen-bond acceptors (Lipinski definition) is 8. The van der Waals surface area contributed by atoms with Crippen LogP contribution in [0.2, 0.25) is 0 Å². The van der Waals surface area contributed by atoms with E-state index in [1.807, 2.05) is 6.07 Å². The van der Waals surface area contributed by atoms with Crippen molar-refractivity contribution in [2.45, 2.75) is 62.8 Å². The Labute approximate surface area is 206 Å². The van der Waals surface area contributed by atoms with Crippen molar-refractivity contribution in [3.63, 3.8) is 0 Å². The van der Waals surface area contributed by atoms with Gasteiger partial charge in [-0.05, 0) is 43.0 Å². The molecule has 0 radical (unpaired) electrons. The summed E-state index contributed by atoms with van der Waals surface area (Å²) in [4.78, 5) is 26.7. The predicted octanol–water partition coefficient (Wildman–Crippen LogP) is 0.353.